The minimum atomic E-state index is -0.337. The first-order valence-corrected chi connectivity index (χ1v) is 9.16. The van der Waals surface area contributed by atoms with Crippen molar-refractivity contribution in [1.29, 1.82) is 0 Å². The molecule has 0 fully saturated rings. The van der Waals surface area contributed by atoms with Gasteiger partial charge >= 0.3 is 0 Å². The van der Waals surface area contributed by atoms with Crippen LogP contribution < -0.4 is 20.7 Å². The van der Waals surface area contributed by atoms with Crippen LogP contribution in [0.2, 0.25) is 0 Å². The number of hydrogen-bond acceptors (Lipinski definition) is 5. The van der Waals surface area contributed by atoms with E-state index in [1.54, 1.807) is 62.6 Å². The van der Waals surface area contributed by atoms with E-state index in [0.717, 1.165) is 0 Å². The number of carbonyl (C=O) groups is 2. The molecule has 0 aliphatic carbocycles. The van der Waals surface area contributed by atoms with Gasteiger partial charge < -0.3 is 20.1 Å². The number of anilines is 2. The van der Waals surface area contributed by atoms with E-state index in [9.17, 15) is 9.59 Å². The molecule has 0 unspecified atom stereocenters. The first-order valence-electron chi connectivity index (χ1n) is 8.76. The molecule has 2 aromatic carbocycles. The monoisotopic (exact) mass is 401 g/mol. The van der Waals surface area contributed by atoms with E-state index in [0.29, 0.717) is 42.3 Å². The highest BCUT2D eigenvalue weighted by Gasteiger charge is 2.09. The van der Waals surface area contributed by atoms with Gasteiger partial charge in [-0.25, -0.2) is 0 Å². The second-order valence-corrected chi connectivity index (χ2v) is 6.16. The van der Waals surface area contributed by atoms with Crippen LogP contribution >= 0.6 is 12.2 Å². The highest BCUT2D eigenvalue weighted by molar-refractivity contribution is 7.80. The lowest BCUT2D eigenvalue weighted by molar-refractivity contribution is -0.115. The van der Waals surface area contributed by atoms with Crippen molar-refractivity contribution in [2.75, 3.05) is 31.0 Å². The van der Waals surface area contributed by atoms with E-state index in [4.69, 9.17) is 21.7 Å². The lowest BCUT2D eigenvalue weighted by atomic mass is 10.2. The Hall–Kier alpha value is -2.97. The van der Waals surface area contributed by atoms with Crippen LogP contribution in [0.25, 0.3) is 0 Å². The minimum Gasteiger partial charge on any atom is -0.491 e. The van der Waals surface area contributed by atoms with Gasteiger partial charge in [0.05, 0.1) is 6.61 Å². The summed E-state index contributed by atoms with van der Waals surface area (Å²) in [5.41, 5.74) is 1.75. The quantitative estimate of drug-likeness (QED) is 0.465. The van der Waals surface area contributed by atoms with Crippen LogP contribution in [0.5, 0.6) is 5.75 Å². The smallest absolute Gasteiger partial charge is 0.257 e. The Balaban J connectivity index is 1.89. The molecule has 0 spiro atoms. The third kappa shape index (κ3) is 6.98. The largest absolute Gasteiger partial charge is 0.491 e. The Morgan fingerprint density at radius 3 is 2.32 bits per heavy atom. The number of ether oxygens (including phenoxy) is 2. The predicted molar refractivity (Wildman–Crippen MR) is 113 cm³/mol. The summed E-state index contributed by atoms with van der Waals surface area (Å²) in [4.78, 5) is 23.8. The van der Waals surface area contributed by atoms with Crippen LogP contribution in [0.15, 0.2) is 48.5 Å². The van der Waals surface area contributed by atoms with E-state index in [-0.39, 0.29) is 16.9 Å². The van der Waals surface area contributed by atoms with Gasteiger partial charge in [-0.3, -0.25) is 14.9 Å². The summed E-state index contributed by atoms with van der Waals surface area (Å²) in [6.07, 6.45) is 0.391. The standard InChI is InChI=1S/C20H23N3O4S/c1-3-18(24)21-15-5-4-6-16(13-15)22-20(28)23-19(25)14-7-9-17(10-8-14)27-12-11-26-2/h4-10,13H,3,11-12H2,1-2H3,(H,21,24)(H2,22,23,25,28). The molecule has 0 saturated heterocycles. The van der Waals surface area contributed by atoms with Gasteiger partial charge in [0.15, 0.2) is 5.11 Å². The van der Waals surface area contributed by atoms with Crippen molar-refractivity contribution in [2.45, 2.75) is 13.3 Å². The zero-order valence-electron chi connectivity index (χ0n) is 15.8. The fraction of sp³-hybridized carbons (Fsp3) is 0.250. The molecule has 2 amide bonds. The molecule has 148 valence electrons. The maximum Gasteiger partial charge on any atom is 0.257 e. The summed E-state index contributed by atoms with van der Waals surface area (Å²) in [6, 6.07) is 13.8. The molecule has 2 aromatic rings. The van der Waals surface area contributed by atoms with E-state index in [1.165, 1.54) is 0 Å². The number of benzene rings is 2. The van der Waals surface area contributed by atoms with Gasteiger partial charge in [-0.1, -0.05) is 13.0 Å². The van der Waals surface area contributed by atoms with Crippen molar-refractivity contribution in [3.63, 3.8) is 0 Å². The summed E-state index contributed by atoms with van der Waals surface area (Å²) in [5.74, 6) is 0.235. The average Bonchev–Trinajstić information content (AvgIpc) is 2.68. The fourth-order valence-electron chi connectivity index (χ4n) is 2.21. The average molecular weight is 401 g/mol. The molecule has 0 aliphatic rings. The van der Waals surface area contributed by atoms with E-state index in [2.05, 4.69) is 16.0 Å². The Labute approximate surface area is 169 Å². The molecule has 0 heterocycles. The van der Waals surface area contributed by atoms with Crippen LogP contribution in [-0.4, -0.2) is 37.3 Å². The first kappa shape index (κ1) is 21.3. The van der Waals surface area contributed by atoms with Crippen molar-refractivity contribution in [3.05, 3.63) is 54.1 Å². The molecule has 0 saturated carbocycles. The van der Waals surface area contributed by atoms with Crippen molar-refractivity contribution >= 4 is 40.5 Å². The molecule has 2 rings (SSSR count). The summed E-state index contributed by atoms with van der Waals surface area (Å²) in [6.45, 7) is 2.71. The van der Waals surface area contributed by atoms with Crippen molar-refractivity contribution in [3.8, 4) is 5.75 Å². The third-order valence-electron chi connectivity index (χ3n) is 3.63. The maximum atomic E-state index is 12.3. The van der Waals surface area contributed by atoms with Gasteiger partial charge in [0.1, 0.15) is 12.4 Å². The molecule has 7 nitrogen and oxygen atoms in total. The van der Waals surface area contributed by atoms with Gasteiger partial charge in [-0.05, 0) is 54.7 Å². The number of carbonyl (C=O) groups excluding carboxylic acids is 2. The van der Waals surface area contributed by atoms with Gasteiger partial charge in [0, 0.05) is 30.5 Å². The second kappa shape index (κ2) is 11.0. The van der Waals surface area contributed by atoms with Crippen LogP contribution in [0, 0.1) is 0 Å². The number of hydrogen-bond donors (Lipinski definition) is 3. The summed E-state index contributed by atoms with van der Waals surface area (Å²) < 4.78 is 10.4. The van der Waals surface area contributed by atoms with Gasteiger partial charge in [-0.2, -0.15) is 0 Å². The van der Waals surface area contributed by atoms with Gasteiger partial charge in [0.25, 0.3) is 5.91 Å². The van der Waals surface area contributed by atoms with Crippen LogP contribution in [0.4, 0.5) is 11.4 Å². The minimum absolute atomic E-state index is 0.0809. The summed E-state index contributed by atoms with van der Waals surface area (Å²) >= 11 is 5.19. The lowest BCUT2D eigenvalue weighted by Crippen LogP contribution is -2.34. The molecule has 3 N–H and O–H groups in total. The van der Waals surface area contributed by atoms with E-state index < -0.39 is 0 Å². The zero-order valence-corrected chi connectivity index (χ0v) is 16.6. The molecule has 0 aromatic heterocycles. The molecular formula is C20H23N3O4S. The summed E-state index contributed by atoms with van der Waals surface area (Å²) in [5, 5.41) is 8.47. The Bertz CT molecular complexity index is 824. The van der Waals surface area contributed by atoms with Crippen LogP contribution in [-0.2, 0) is 9.53 Å². The highest BCUT2D eigenvalue weighted by atomic mass is 32.1. The Morgan fingerprint density at radius 1 is 1.00 bits per heavy atom. The van der Waals surface area contributed by atoms with Crippen LogP contribution in [0.1, 0.15) is 23.7 Å². The molecular weight excluding hydrogens is 378 g/mol. The molecule has 0 bridgehead atoms. The van der Waals surface area contributed by atoms with Crippen molar-refractivity contribution in [1.82, 2.24) is 5.32 Å². The number of thiocarbonyl (C=S) groups is 1. The SMILES string of the molecule is CCC(=O)Nc1cccc(NC(=S)NC(=O)c2ccc(OCCOC)cc2)c1. The molecule has 28 heavy (non-hydrogen) atoms. The normalized spacial score (nSPS) is 10.1. The van der Waals surface area contributed by atoms with E-state index in [1.807, 2.05) is 0 Å². The zero-order chi connectivity index (χ0) is 20.4. The topological polar surface area (TPSA) is 88.7 Å². The molecule has 0 aliphatic heterocycles. The lowest BCUT2D eigenvalue weighted by Gasteiger charge is -2.11. The number of methoxy groups -OCH3 is 1. The molecule has 0 radical (unpaired) electrons. The third-order valence-corrected chi connectivity index (χ3v) is 3.83. The maximum absolute atomic E-state index is 12.3. The fourth-order valence-corrected chi connectivity index (χ4v) is 2.42. The first-order chi connectivity index (χ1) is 13.5. The van der Waals surface area contributed by atoms with Crippen molar-refractivity contribution in [2.24, 2.45) is 0 Å². The number of amides is 2. The highest BCUT2D eigenvalue weighted by Crippen LogP contribution is 2.16. The predicted octanol–water partition coefficient (Wildman–Crippen LogP) is 3.19. The molecule has 0 atom stereocenters. The van der Waals surface area contributed by atoms with Gasteiger partial charge in [-0.15, -0.1) is 0 Å². The van der Waals surface area contributed by atoms with Gasteiger partial charge in [0.2, 0.25) is 5.91 Å². The number of rotatable bonds is 8. The molecule has 8 heteroatoms. The Kier molecular flexibility index (Phi) is 8.38. The Morgan fingerprint density at radius 2 is 1.68 bits per heavy atom. The number of nitrogens with one attached hydrogen (secondary N) is 3. The van der Waals surface area contributed by atoms with Crippen LogP contribution in [0.3, 0.4) is 0 Å². The van der Waals surface area contributed by atoms with Crippen molar-refractivity contribution < 1.29 is 19.1 Å². The second-order valence-electron chi connectivity index (χ2n) is 5.76. The summed E-state index contributed by atoms with van der Waals surface area (Å²) in [7, 11) is 1.60. The van der Waals surface area contributed by atoms with E-state index >= 15 is 0 Å².